The zero-order valence-electron chi connectivity index (χ0n) is 26.5. The molecule has 3 aliphatic rings. The highest BCUT2D eigenvalue weighted by atomic mass is 32.2. The van der Waals surface area contributed by atoms with E-state index in [1.807, 2.05) is 33.0 Å². The van der Waals surface area contributed by atoms with Gasteiger partial charge in [-0.15, -0.1) is 5.10 Å². The number of pyridine rings is 1. The van der Waals surface area contributed by atoms with Gasteiger partial charge in [-0.3, -0.25) is 4.79 Å². The summed E-state index contributed by atoms with van der Waals surface area (Å²) in [4.78, 5) is 17.5. The van der Waals surface area contributed by atoms with Gasteiger partial charge >= 0.3 is 5.97 Å². The first-order chi connectivity index (χ1) is 22.2. The molecule has 1 saturated heterocycles. The SMILES string of the molecule is CCOC(=O)CC(c1cc2c(c(CN3CC4(CCOCC4)Oc4ncccc4S3(=O)=O)c1)CCC2)c1ccc2c(nnn2C)c1C. The number of esters is 1. The second-order valence-electron chi connectivity index (χ2n) is 12.6. The Morgan fingerprint density at radius 3 is 2.78 bits per heavy atom. The second kappa shape index (κ2) is 12.1. The van der Waals surface area contributed by atoms with E-state index < -0.39 is 15.6 Å². The molecule has 2 aromatic heterocycles. The van der Waals surface area contributed by atoms with Crippen LogP contribution in [0.3, 0.4) is 0 Å². The van der Waals surface area contributed by atoms with Gasteiger partial charge in [0.05, 0.1) is 38.3 Å². The molecule has 0 saturated carbocycles. The Morgan fingerprint density at radius 1 is 1.15 bits per heavy atom. The highest BCUT2D eigenvalue weighted by Gasteiger charge is 2.45. The summed E-state index contributed by atoms with van der Waals surface area (Å²) < 4.78 is 49.4. The van der Waals surface area contributed by atoms with E-state index in [4.69, 9.17) is 14.2 Å². The van der Waals surface area contributed by atoms with Crippen LogP contribution in [0.2, 0.25) is 0 Å². The highest BCUT2D eigenvalue weighted by molar-refractivity contribution is 7.89. The molecule has 1 atom stereocenters. The Labute approximate surface area is 268 Å². The van der Waals surface area contributed by atoms with Crippen LogP contribution < -0.4 is 4.74 Å². The largest absolute Gasteiger partial charge is 0.468 e. The third kappa shape index (κ3) is 5.46. The zero-order chi connectivity index (χ0) is 32.1. The molecular weight excluding hydrogens is 606 g/mol. The summed E-state index contributed by atoms with van der Waals surface area (Å²) in [6, 6.07) is 11.6. The van der Waals surface area contributed by atoms with Crippen molar-refractivity contribution >= 4 is 27.0 Å². The van der Waals surface area contributed by atoms with Crippen molar-refractivity contribution < 1.29 is 27.4 Å². The summed E-state index contributed by atoms with van der Waals surface area (Å²) in [5.74, 6) is -0.452. The lowest BCUT2D eigenvalue weighted by Gasteiger charge is -2.38. The number of aromatic nitrogens is 4. The monoisotopic (exact) mass is 645 g/mol. The van der Waals surface area contributed by atoms with Crippen LogP contribution in [-0.4, -0.2) is 70.6 Å². The van der Waals surface area contributed by atoms with E-state index in [0.717, 1.165) is 52.5 Å². The summed E-state index contributed by atoms with van der Waals surface area (Å²) in [6.07, 6.45) is 5.61. The smallest absolute Gasteiger partial charge is 0.306 e. The molecule has 1 fully saturated rings. The summed E-state index contributed by atoms with van der Waals surface area (Å²) in [7, 11) is -2.08. The van der Waals surface area contributed by atoms with Gasteiger partial charge in [0.25, 0.3) is 0 Å². The average molecular weight is 646 g/mol. The van der Waals surface area contributed by atoms with Gasteiger partial charge < -0.3 is 14.2 Å². The van der Waals surface area contributed by atoms with Gasteiger partial charge in [-0.25, -0.2) is 18.1 Å². The van der Waals surface area contributed by atoms with Crippen LogP contribution in [0.25, 0.3) is 11.0 Å². The Kier molecular flexibility index (Phi) is 8.06. The Morgan fingerprint density at radius 2 is 1.98 bits per heavy atom. The molecule has 12 heteroatoms. The Bertz CT molecular complexity index is 1920. The number of carbonyl (C=O) groups is 1. The fourth-order valence-electron chi connectivity index (χ4n) is 7.35. The number of aryl methyl sites for hydroxylation is 3. The number of fused-ring (bicyclic) bond motifs is 3. The fourth-order valence-corrected chi connectivity index (χ4v) is 8.91. The second-order valence-corrected chi connectivity index (χ2v) is 14.5. The van der Waals surface area contributed by atoms with Gasteiger partial charge in [-0.05, 0) is 84.7 Å². The molecular formula is C34H39N5O6S. The fraction of sp³-hybridized carbons (Fsp3) is 0.471. The minimum absolute atomic E-state index is 0.0826. The van der Waals surface area contributed by atoms with Gasteiger partial charge in [-0.2, -0.15) is 4.31 Å². The third-order valence-corrected chi connectivity index (χ3v) is 11.5. The van der Waals surface area contributed by atoms with Crippen molar-refractivity contribution in [3.63, 3.8) is 0 Å². The van der Waals surface area contributed by atoms with Crippen LogP contribution in [-0.2, 0) is 50.7 Å². The molecule has 0 amide bonds. The van der Waals surface area contributed by atoms with Gasteiger partial charge in [0.1, 0.15) is 16.0 Å². The zero-order valence-corrected chi connectivity index (χ0v) is 27.3. The van der Waals surface area contributed by atoms with Gasteiger partial charge in [0.15, 0.2) is 0 Å². The molecule has 1 aliphatic carbocycles. The predicted octanol–water partition coefficient (Wildman–Crippen LogP) is 4.38. The van der Waals surface area contributed by atoms with Crippen molar-refractivity contribution in [2.24, 2.45) is 7.05 Å². The lowest BCUT2D eigenvalue weighted by molar-refractivity contribution is -0.143. The topological polar surface area (TPSA) is 126 Å². The standard InChI is InChI=1S/C34H39N5O6S/c1-4-44-31(40)19-28(26-10-11-29-32(22(26)2)36-37-38(29)3)24-17-23-7-5-8-27(23)25(18-24)20-39-21-34(12-15-43-16-13-34)45-33-30(46(39,41)42)9-6-14-35-33/h6,9-11,14,17-18,28H,4-5,7-8,12-13,15-16,19-21H2,1-3H3. The molecule has 11 nitrogen and oxygen atoms in total. The van der Waals surface area contributed by atoms with E-state index in [2.05, 4.69) is 27.4 Å². The average Bonchev–Trinajstić information content (AvgIpc) is 3.66. The van der Waals surface area contributed by atoms with E-state index in [1.165, 1.54) is 11.1 Å². The summed E-state index contributed by atoms with van der Waals surface area (Å²) in [6.45, 7) is 5.48. The molecule has 2 aliphatic heterocycles. The van der Waals surface area contributed by atoms with Crippen molar-refractivity contribution in [3.05, 3.63) is 76.0 Å². The van der Waals surface area contributed by atoms with Gasteiger partial charge in [0.2, 0.25) is 15.9 Å². The van der Waals surface area contributed by atoms with E-state index in [9.17, 15) is 13.2 Å². The number of nitrogens with zero attached hydrogens (tertiary/aromatic N) is 5. The van der Waals surface area contributed by atoms with Crippen molar-refractivity contribution in [1.29, 1.82) is 0 Å². The van der Waals surface area contributed by atoms with Crippen LogP contribution in [0, 0.1) is 6.92 Å². The maximum absolute atomic E-state index is 14.3. The molecule has 1 unspecified atom stereocenters. The van der Waals surface area contributed by atoms with E-state index in [-0.39, 0.29) is 42.2 Å². The molecule has 0 bridgehead atoms. The molecule has 1 spiro atoms. The third-order valence-electron chi connectivity index (χ3n) is 9.75. The Hall–Kier alpha value is -3.87. The van der Waals surface area contributed by atoms with Crippen molar-refractivity contribution in [2.75, 3.05) is 26.4 Å². The first kappa shape index (κ1) is 30.8. The minimum Gasteiger partial charge on any atom is -0.468 e. The minimum atomic E-state index is -3.94. The number of sulfonamides is 1. The van der Waals surface area contributed by atoms with E-state index in [0.29, 0.717) is 32.7 Å². The van der Waals surface area contributed by atoms with Crippen LogP contribution in [0.5, 0.6) is 5.88 Å². The number of hydrogen-bond acceptors (Lipinski definition) is 9. The number of rotatable bonds is 7. The number of hydrogen-bond donors (Lipinski definition) is 0. The van der Waals surface area contributed by atoms with Crippen LogP contribution in [0.15, 0.2) is 47.5 Å². The van der Waals surface area contributed by atoms with Crippen LogP contribution in [0.4, 0.5) is 0 Å². The first-order valence-electron chi connectivity index (χ1n) is 16.0. The quantitative estimate of drug-likeness (QED) is 0.269. The highest BCUT2D eigenvalue weighted by Crippen LogP contribution is 2.41. The summed E-state index contributed by atoms with van der Waals surface area (Å²) in [5, 5.41) is 8.62. The van der Waals surface area contributed by atoms with Crippen LogP contribution >= 0.6 is 0 Å². The lowest BCUT2D eigenvalue weighted by Crippen LogP contribution is -2.50. The molecule has 4 heterocycles. The number of ether oxygens (including phenoxy) is 3. The van der Waals surface area contributed by atoms with Gasteiger partial charge in [-0.1, -0.05) is 23.4 Å². The molecule has 2 aromatic carbocycles. The lowest BCUT2D eigenvalue weighted by atomic mass is 9.83. The summed E-state index contributed by atoms with van der Waals surface area (Å²) in [5.41, 5.74) is 7.20. The van der Waals surface area contributed by atoms with Crippen molar-refractivity contribution in [1.82, 2.24) is 24.3 Å². The molecule has 7 rings (SSSR count). The van der Waals surface area contributed by atoms with E-state index in [1.54, 1.807) is 27.3 Å². The maximum Gasteiger partial charge on any atom is 0.306 e. The number of benzene rings is 2. The predicted molar refractivity (Wildman–Crippen MR) is 170 cm³/mol. The van der Waals surface area contributed by atoms with E-state index >= 15 is 0 Å². The van der Waals surface area contributed by atoms with Crippen molar-refractivity contribution in [3.8, 4) is 5.88 Å². The number of carbonyl (C=O) groups excluding carboxylic acids is 1. The molecule has 4 aromatic rings. The van der Waals surface area contributed by atoms with Crippen molar-refractivity contribution in [2.45, 2.75) is 75.3 Å². The molecule has 46 heavy (non-hydrogen) atoms. The summed E-state index contributed by atoms with van der Waals surface area (Å²) >= 11 is 0. The van der Waals surface area contributed by atoms with Gasteiger partial charge in [0, 0.05) is 38.5 Å². The molecule has 0 radical (unpaired) electrons. The first-order valence-corrected chi connectivity index (χ1v) is 17.4. The normalized spacial score (nSPS) is 19.3. The van der Waals surface area contributed by atoms with Crippen LogP contribution in [0.1, 0.15) is 71.9 Å². The maximum atomic E-state index is 14.3. The molecule has 0 N–H and O–H groups in total. The Balaban J connectivity index is 1.33. The molecule has 242 valence electrons.